The number of aromatic nitrogens is 4. The van der Waals surface area contributed by atoms with E-state index in [9.17, 15) is 9.18 Å². The Hall–Kier alpha value is -4.51. The normalized spacial score (nSPS) is 15.5. The van der Waals surface area contributed by atoms with E-state index < -0.39 is 6.67 Å². The van der Waals surface area contributed by atoms with Crippen molar-refractivity contribution in [1.82, 2.24) is 24.4 Å². The third-order valence-electron chi connectivity index (χ3n) is 7.47. The standard InChI is InChI=1S/C30H34FN9O/c1-20-3-4-24(36-29(41)22-13-21(18-31)14-25(15-22)39-11-9-38(2)10-12-39)16-26(20)37-30-32-7-8-40(30)28-17-27(33-19-34-28)35-23-5-6-23/h3-4,7-8,13-17,19,23H,5-6,9-12,18H2,1-2H3,(H,32,37)(H,36,41)(H,33,34,35). The molecule has 10 nitrogen and oxygen atoms in total. The Kier molecular flexibility index (Phi) is 7.51. The Bertz CT molecular complexity index is 1540. The molecule has 6 rings (SSSR count). The fourth-order valence-electron chi connectivity index (χ4n) is 4.86. The van der Waals surface area contributed by atoms with E-state index in [0.29, 0.717) is 34.6 Å². The van der Waals surface area contributed by atoms with Crippen molar-refractivity contribution in [3.05, 3.63) is 77.9 Å². The van der Waals surface area contributed by atoms with Crippen LogP contribution in [0, 0.1) is 6.92 Å². The van der Waals surface area contributed by atoms with Gasteiger partial charge in [-0.3, -0.25) is 9.36 Å². The first-order chi connectivity index (χ1) is 19.9. The van der Waals surface area contributed by atoms with Crippen molar-refractivity contribution in [2.24, 2.45) is 0 Å². The monoisotopic (exact) mass is 555 g/mol. The van der Waals surface area contributed by atoms with Crippen molar-refractivity contribution in [2.75, 3.05) is 54.1 Å². The van der Waals surface area contributed by atoms with Crippen LogP contribution < -0.4 is 20.9 Å². The lowest BCUT2D eigenvalue weighted by Gasteiger charge is -2.34. The fraction of sp³-hybridized carbons (Fsp3) is 0.333. The molecule has 1 amide bonds. The maximum absolute atomic E-state index is 13.7. The van der Waals surface area contributed by atoms with Crippen LogP contribution in [0.1, 0.15) is 34.3 Å². The molecule has 2 fully saturated rings. The first-order valence-electron chi connectivity index (χ1n) is 13.9. The molecular weight excluding hydrogens is 521 g/mol. The van der Waals surface area contributed by atoms with Crippen molar-refractivity contribution in [3.63, 3.8) is 0 Å². The predicted octanol–water partition coefficient (Wildman–Crippen LogP) is 4.76. The number of carbonyl (C=O) groups is 1. The summed E-state index contributed by atoms with van der Waals surface area (Å²) >= 11 is 0. The number of amides is 1. The molecule has 0 radical (unpaired) electrons. The summed E-state index contributed by atoms with van der Waals surface area (Å²) in [5.74, 6) is 1.77. The average Bonchev–Trinajstić information content (AvgIpc) is 3.68. The van der Waals surface area contributed by atoms with Crippen LogP contribution in [0.5, 0.6) is 0 Å². The van der Waals surface area contributed by atoms with Crippen LogP contribution in [0.3, 0.4) is 0 Å². The summed E-state index contributed by atoms with van der Waals surface area (Å²) in [5.41, 5.74) is 4.18. The molecule has 1 aliphatic heterocycles. The minimum atomic E-state index is -0.627. The van der Waals surface area contributed by atoms with Gasteiger partial charge in [-0.2, -0.15) is 0 Å². The highest BCUT2D eigenvalue weighted by Crippen LogP contribution is 2.28. The lowest BCUT2D eigenvalue weighted by molar-refractivity contribution is 0.102. The second kappa shape index (κ2) is 11.5. The van der Waals surface area contributed by atoms with E-state index in [1.54, 1.807) is 12.3 Å². The number of nitrogens with zero attached hydrogens (tertiary/aromatic N) is 6. The zero-order valence-corrected chi connectivity index (χ0v) is 23.3. The van der Waals surface area contributed by atoms with E-state index in [4.69, 9.17) is 0 Å². The number of hydrogen-bond donors (Lipinski definition) is 3. The van der Waals surface area contributed by atoms with Gasteiger partial charge in [0.2, 0.25) is 5.95 Å². The van der Waals surface area contributed by atoms with Crippen molar-refractivity contribution < 1.29 is 9.18 Å². The van der Waals surface area contributed by atoms with Gasteiger partial charge >= 0.3 is 0 Å². The zero-order chi connectivity index (χ0) is 28.3. The van der Waals surface area contributed by atoms with Crippen LogP contribution in [0.25, 0.3) is 5.82 Å². The number of nitrogens with one attached hydrogen (secondary N) is 3. The Morgan fingerprint density at radius 1 is 1.02 bits per heavy atom. The molecule has 0 unspecified atom stereocenters. The first kappa shape index (κ1) is 26.7. The van der Waals surface area contributed by atoms with Gasteiger partial charge in [0.25, 0.3) is 5.91 Å². The number of anilines is 5. The smallest absolute Gasteiger partial charge is 0.255 e. The van der Waals surface area contributed by atoms with E-state index in [1.165, 1.54) is 6.33 Å². The van der Waals surface area contributed by atoms with Crippen LogP contribution in [-0.4, -0.2) is 69.6 Å². The first-order valence-corrected chi connectivity index (χ1v) is 13.9. The van der Waals surface area contributed by atoms with Gasteiger partial charge in [0.15, 0.2) is 0 Å². The summed E-state index contributed by atoms with van der Waals surface area (Å²) in [5, 5.41) is 9.76. The minimum Gasteiger partial charge on any atom is -0.369 e. The summed E-state index contributed by atoms with van der Waals surface area (Å²) in [6.45, 7) is 4.88. The van der Waals surface area contributed by atoms with Crippen LogP contribution in [0.4, 0.5) is 33.2 Å². The highest BCUT2D eigenvalue weighted by molar-refractivity contribution is 6.05. The van der Waals surface area contributed by atoms with E-state index >= 15 is 0 Å². The van der Waals surface area contributed by atoms with Crippen molar-refractivity contribution >= 4 is 34.7 Å². The van der Waals surface area contributed by atoms with Crippen molar-refractivity contribution in [2.45, 2.75) is 32.5 Å². The van der Waals surface area contributed by atoms with Crippen molar-refractivity contribution in [1.29, 1.82) is 0 Å². The molecule has 2 aromatic heterocycles. The minimum absolute atomic E-state index is 0.288. The molecule has 11 heteroatoms. The molecule has 3 heterocycles. The number of carbonyl (C=O) groups excluding carboxylic acids is 1. The van der Waals surface area contributed by atoms with E-state index in [-0.39, 0.29) is 5.91 Å². The van der Waals surface area contributed by atoms with Crippen LogP contribution >= 0.6 is 0 Å². The molecular formula is C30H34FN9O. The number of hydrogen-bond acceptors (Lipinski definition) is 8. The van der Waals surface area contributed by atoms with Crippen LogP contribution in [0.15, 0.2) is 61.2 Å². The third kappa shape index (κ3) is 6.30. The molecule has 2 aromatic carbocycles. The Labute approximate surface area is 238 Å². The lowest BCUT2D eigenvalue weighted by atomic mass is 10.1. The molecule has 1 aliphatic carbocycles. The van der Waals surface area contributed by atoms with Crippen LogP contribution in [0.2, 0.25) is 0 Å². The molecule has 2 aliphatic rings. The van der Waals surface area contributed by atoms with Gasteiger partial charge in [-0.15, -0.1) is 0 Å². The predicted molar refractivity (Wildman–Crippen MR) is 159 cm³/mol. The number of piperazine rings is 1. The average molecular weight is 556 g/mol. The molecule has 41 heavy (non-hydrogen) atoms. The molecule has 0 spiro atoms. The maximum Gasteiger partial charge on any atom is 0.255 e. The summed E-state index contributed by atoms with van der Waals surface area (Å²) in [6.07, 6.45) is 7.39. The molecule has 3 N–H and O–H groups in total. The largest absolute Gasteiger partial charge is 0.369 e. The van der Waals surface area contributed by atoms with Gasteiger partial charge in [0.05, 0.1) is 0 Å². The van der Waals surface area contributed by atoms with Gasteiger partial charge in [0.1, 0.15) is 24.6 Å². The Morgan fingerprint density at radius 2 is 1.85 bits per heavy atom. The Balaban J connectivity index is 1.19. The molecule has 4 aromatic rings. The van der Waals surface area contributed by atoms with Gasteiger partial charge in [-0.1, -0.05) is 6.07 Å². The maximum atomic E-state index is 13.7. The number of benzene rings is 2. The lowest BCUT2D eigenvalue weighted by Crippen LogP contribution is -2.44. The molecule has 0 atom stereocenters. The highest BCUT2D eigenvalue weighted by atomic mass is 19.1. The van der Waals surface area contributed by atoms with Crippen molar-refractivity contribution in [3.8, 4) is 5.82 Å². The molecule has 0 bridgehead atoms. The highest BCUT2D eigenvalue weighted by Gasteiger charge is 2.22. The summed E-state index contributed by atoms with van der Waals surface area (Å²) in [4.78, 5) is 31.0. The van der Waals surface area contributed by atoms with E-state index in [1.807, 2.05) is 54.1 Å². The summed E-state index contributed by atoms with van der Waals surface area (Å²) in [7, 11) is 2.09. The number of halogens is 1. The zero-order valence-electron chi connectivity index (χ0n) is 23.3. The number of imidazole rings is 1. The third-order valence-corrected chi connectivity index (χ3v) is 7.47. The van der Waals surface area contributed by atoms with Gasteiger partial charge in [0, 0.05) is 73.3 Å². The summed E-state index contributed by atoms with van der Waals surface area (Å²) < 4.78 is 15.6. The Morgan fingerprint density at radius 3 is 2.63 bits per heavy atom. The number of likely N-dealkylation sites (N-methyl/N-ethyl adjacent to an activating group) is 1. The van der Waals surface area contributed by atoms with Gasteiger partial charge in [-0.25, -0.2) is 19.3 Å². The number of aryl methyl sites for hydroxylation is 1. The molecule has 212 valence electrons. The van der Waals surface area contributed by atoms with E-state index in [2.05, 4.69) is 47.7 Å². The van der Waals surface area contributed by atoms with Gasteiger partial charge in [-0.05, 0) is 68.3 Å². The SMILES string of the molecule is Cc1ccc(NC(=O)c2cc(CF)cc(N3CCN(C)CC3)c2)cc1Nc1nccn1-c1cc(NC2CC2)ncn1. The fourth-order valence-corrected chi connectivity index (χ4v) is 4.86. The topological polar surface area (TPSA) is 103 Å². The van der Waals surface area contributed by atoms with Crippen LogP contribution in [-0.2, 0) is 6.67 Å². The summed E-state index contributed by atoms with van der Waals surface area (Å²) in [6, 6.07) is 13.3. The van der Waals surface area contributed by atoms with E-state index in [0.717, 1.165) is 61.8 Å². The number of alkyl halides is 1. The second-order valence-corrected chi connectivity index (χ2v) is 10.7. The number of rotatable bonds is 9. The quantitative estimate of drug-likeness (QED) is 0.272. The molecule has 1 saturated heterocycles. The van der Waals surface area contributed by atoms with Gasteiger partial charge < -0.3 is 25.8 Å². The second-order valence-electron chi connectivity index (χ2n) is 10.7. The molecule has 1 saturated carbocycles.